The summed E-state index contributed by atoms with van der Waals surface area (Å²) in [5, 5.41) is 0. The zero-order valence-electron chi connectivity index (χ0n) is 14.1. The number of hydrogen-bond donors (Lipinski definition) is 3. The van der Waals surface area contributed by atoms with Crippen LogP contribution in [-0.2, 0) is 8.85 Å². The van der Waals surface area contributed by atoms with Gasteiger partial charge in [0.1, 0.15) is 0 Å². The molecular formula is C14H36N4O2Si. The fourth-order valence-electron chi connectivity index (χ4n) is 2.42. The molecule has 0 rings (SSSR count). The van der Waals surface area contributed by atoms with E-state index in [1.165, 1.54) is 0 Å². The van der Waals surface area contributed by atoms with Crippen LogP contribution < -0.4 is 17.2 Å². The highest BCUT2D eigenvalue weighted by atomic mass is 28.4. The van der Waals surface area contributed by atoms with Gasteiger partial charge in [-0.2, -0.15) is 0 Å². The van der Waals surface area contributed by atoms with Crippen LogP contribution in [0.2, 0.25) is 12.6 Å². The summed E-state index contributed by atoms with van der Waals surface area (Å²) < 4.78 is 11.9. The Labute approximate surface area is 131 Å². The molecule has 0 amide bonds. The second kappa shape index (κ2) is 12.5. The van der Waals surface area contributed by atoms with Crippen molar-refractivity contribution in [1.82, 2.24) is 4.90 Å². The molecule has 0 heterocycles. The van der Waals surface area contributed by atoms with Gasteiger partial charge < -0.3 is 31.0 Å². The smallest absolute Gasteiger partial charge is 0.334 e. The standard InChI is InChI=1S/C14H36N4O2Si/c1-14(6-4-7-15)20-21(3,19-2)13-5-10-18(11-8-16)12-9-17/h14H,4-13,15-17H2,1-3H3. The third-order valence-electron chi connectivity index (χ3n) is 3.69. The maximum Gasteiger partial charge on any atom is 0.334 e. The third kappa shape index (κ3) is 10.3. The van der Waals surface area contributed by atoms with Crippen molar-refractivity contribution in [3.63, 3.8) is 0 Å². The summed E-state index contributed by atoms with van der Waals surface area (Å²) in [6.07, 6.45) is 3.26. The van der Waals surface area contributed by atoms with E-state index < -0.39 is 8.56 Å². The zero-order chi connectivity index (χ0) is 16.1. The number of hydrogen-bond acceptors (Lipinski definition) is 6. The van der Waals surface area contributed by atoms with E-state index in [9.17, 15) is 0 Å². The molecule has 0 aliphatic heterocycles. The van der Waals surface area contributed by atoms with Gasteiger partial charge in [-0.15, -0.1) is 0 Å². The zero-order valence-corrected chi connectivity index (χ0v) is 15.1. The summed E-state index contributed by atoms with van der Waals surface area (Å²) in [4.78, 5) is 2.31. The Morgan fingerprint density at radius 2 is 1.62 bits per heavy atom. The minimum atomic E-state index is -2.08. The first-order valence-corrected chi connectivity index (χ1v) is 10.6. The molecule has 128 valence electrons. The first kappa shape index (κ1) is 21.0. The minimum absolute atomic E-state index is 0.217. The first-order valence-electron chi connectivity index (χ1n) is 8.06. The number of rotatable bonds is 14. The molecule has 21 heavy (non-hydrogen) atoms. The van der Waals surface area contributed by atoms with Gasteiger partial charge in [-0.3, -0.25) is 0 Å². The van der Waals surface area contributed by atoms with Crippen LogP contribution >= 0.6 is 0 Å². The summed E-state index contributed by atoms with van der Waals surface area (Å²) in [6, 6.07) is 0.988. The quantitative estimate of drug-likeness (QED) is 0.402. The Kier molecular flexibility index (Phi) is 12.5. The molecule has 0 saturated carbocycles. The number of nitrogens with zero attached hydrogens (tertiary/aromatic N) is 1. The fourth-order valence-corrected chi connectivity index (χ4v) is 4.61. The van der Waals surface area contributed by atoms with Crippen molar-refractivity contribution in [2.24, 2.45) is 17.2 Å². The molecule has 6 N–H and O–H groups in total. The van der Waals surface area contributed by atoms with E-state index in [4.69, 9.17) is 26.1 Å². The van der Waals surface area contributed by atoms with Crippen molar-refractivity contribution < 1.29 is 8.85 Å². The lowest BCUT2D eigenvalue weighted by atomic mass is 10.2. The molecule has 2 unspecified atom stereocenters. The van der Waals surface area contributed by atoms with E-state index in [1.54, 1.807) is 7.11 Å². The second-order valence-corrected chi connectivity index (χ2v) is 9.13. The Morgan fingerprint density at radius 3 is 2.10 bits per heavy atom. The van der Waals surface area contributed by atoms with E-state index in [-0.39, 0.29) is 6.10 Å². The lowest BCUT2D eigenvalue weighted by Crippen LogP contribution is -2.42. The van der Waals surface area contributed by atoms with Crippen LogP contribution in [0.3, 0.4) is 0 Å². The largest absolute Gasteiger partial charge is 0.398 e. The van der Waals surface area contributed by atoms with Gasteiger partial charge in [-0.25, -0.2) is 0 Å². The molecular weight excluding hydrogens is 284 g/mol. The van der Waals surface area contributed by atoms with Crippen molar-refractivity contribution >= 4 is 8.56 Å². The van der Waals surface area contributed by atoms with Gasteiger partial charge in [0.25, 0.3) is 0 Å². The van der Waals surface area contributed by atoms with Gasteiger partial charge in [0.05, 0.1) is 0 Å². The Bertz CT molecular complexity index is 243. The summed E-state index contributed by atoms with van der Waals surface area (Å²) in [6.45, 7) is 9.10. The molecule has 2 atom stereocenters. The van der Waals surface area contributed by atoms with Crippen molar-refractivity contribution in [2.45, 2.75) is 44.9 Å². The fraction of sp³-hybridized carbons (Fsp3) is 1.00. The Balaban J connectivity index is 4.15. The predicted molar refractivity (Wildman–Crippen MR) is 91.4 cm³/mol. The predicted octanol–water partition coefficient (Wildman–Crippen LogP) is 0.458. The minimum Gasteiger partial charge on any atom is -0.398 e. The van der Waals surface area contributed by atoms with E-state index in [0.717, 1.165) is 44.9 Å². The molecule has 0 radical (unpaired) electrons. The maximum absolute atomic E-state index is 6.18. The van der Waals surface area contributed by atoms with Gasteiger partial charge in [-0.1, -0.05) is 0 Å². The van der Waals surface area contributed by atoms with Gasteiger partial charge in [0.15, 0.2) is 0 Å². The van der Waals surface area contributed by atoms with Gasteiger partial charge in [-0.05, 0) is 51.9 Å². The first-order chi connectivity index (χ1) is 10.0. The lowest BCUT2D eigenvalue weighted by Gasteiger charge is -2.30. The van der Waals surface area contributed by atoms with Crippen molar-refractivity contribution in [1.29, 1.82) is 0 Å². The number of nitrogens with two attached hydrogens (primary N) is 3. The van der Waals surface area contributed by atoms with Crippen molar-refractivity contribution in [3.05, 3.63) is 0 Å². The van der Waals surface area contributed by atoms with E-state index in [2.05, 4.69) is 18.4 Å². The van der Waals surface area contributed by atoms with Crippen molar-refractivity contribution in [3.8, 4) is 0 Å². The molecule has 0 bridgehead atoms. The highest BCUT2D eigenvalue weighted by Gasteiger charge is 2.31. The molecule has 6 nitrogen and oxygen atoms in total. The van der Waals surface area contributed by atoms with Crippen LogP contribution in [0.15, 0.2) is 0 Å². The highest BCUT2D eigenvalue weighted by Crippen LogP contribution is 2.19. The molecule has 0 saturated heterocycles. The van der Waals surface area contributed by atoms with Gasteiger partial charge >= 0.3 is 8.56 Å². The molecule has 0 aromatic carbocycles. The van der Waals surface area contributed by atoms with Crippen LogP contribution in [0.4, 0.5) is 0 Å². The van der Waals surface area contributed by atoms with Gasteiger partial charge in [0.2, 0.25) is 0 Å². The van der Waals surface area contributed by atoms with Crippen LogP contribution in [0.5, 0.6) is 0 Å². The molecule has 0 aliphatic rings. The van der Waals surface area contributed by atoms with Gasteiger partial charge in [0, 0.05) is 39.4 Å². The summed E-state index contributed by atoms with van der Waals surface area (Å²) in [7, 11) is -0.316. The van der Waals surface area contributed by atoms with Crippen LogP contribution in [0.1, 0.15) is 26.2 Å². The maximum atomic E-state index is 6.18. The molecule has 0 spiro atoms. The van der Waals surface area contributed by atoms with E-state index >= 15 is 0 Å². The van der Waals surface area contributed by atoms with Crippen LogP contribution in [0.25, 0.3) is 0 Å². The monoisotopic (exact) mass is 320 g/mol. The SMILES string of the molecule is CO[Si](C)(CCCN(CCN)CCN)OC(C)CCCN. The molecule has 0 aliphatic carbocycles. The molecule has 0 aromatic rings. The Morgan fingerprint density at radius 1 is 1.00 bits per heavy atom. The van der Waals surface area contributed by atoms with Crippen LogP contribution in [-0.4, -0.2) is 65.9 Å². The normalized spacial score (nSPS) is 16.1. The summed E-state index contributed by atoms with van der Waals surface area (Å²) in [5.41, 5.74) is 16.8. The second-order valence-electron chi connectivity index (χ2n) is 5.72. The van der Waals surface area contributed by atoms with Crippen LogP contribution in [0, 0.1) is 0 Å². The third-order valence-corrected chi connectivity index (χ3v) is 6.72. The summed E-state index contributed by atoms with van der Waals surface area (Å²) >= 11 is 0. The lowest BCUT2D eigenvalue weighted by molar-refractivity contribution is 0.135. The van der Waals surface area contributed by atoms with E-state index in [0.29, 0.717) is 19.6 Å². The average molecular weight is 321 g/mol. The van der Waals surface area contributed by atoms with Crippen molar-refractivity contribution in [2.75, 3.05) is 46.4 Å². The topological polar surface area (TPSA) is 99.8 Å². The summed E-state index contributed by atoms with van der Waals surface area (Å²) in [5.74, 6) is 0. The molecule has 7 heteroatoms. The van der Waals surface area contributed by atoms with E-state index in [1.807, 2.05) is 0 Å². The highest BCUT2D eigenvalue weighted by molar-refractivity contribution is 6.66. The molecule has 0 aromatic heterocycles. The Hall–Kier alpha value is -0.0231. The molecule has 0 fully saturated rings. The average Bonchev–Trinajstić information content (AvgIpc) is 2.45.